The minimum absolute atomic E-state index is 0.244. The van der Waals surface area contributed by atoms with Gasteiger partial charge < -0.3 is 9.47 Å². The molecule has 0 aromatic heterocycles. The first kappa shape index (κ1) is 22.7. The number of benzene rings is 4. The number of amides is 2. The molecule has 174 valence electrons. The highest BCUT2D eigenvalue weighted by atomic mass is 32.2. The van der Waals surface area contributed by atoms with Crippen molar-refractivity contribution >= 4 is 39.8 Å². The lowest BCUT2D eigenvalue weighted by Crippen LogP contribution is -2.27. The van der Waals surface area contributed by atoms with Crippen molar-refractivity contribution in [2.45, 2.75) is 6.54 Å². The highest BCUT2D eigenvalue weighted by Crippen LogP contribution is 2.34. The number of hydrogen-bond acceptors (Lipinski definition) is 5. The summed E-state index contributed by atoms with van der Waals surface area (Å²) < 4.78 is 11.4. The molecule has 0 spiro atoms. The summed E-state index contributed by atoms with van der Waals surface area (Å²) in [6.45, 7) is 1.05. The third-order valence-electron chi connectivity index (χ3n) is 5.60. The molecule has 5 rings (SSSR count). The Morgan fingerprint density at radius 2 is 1.43 bits per heavy atom. The smallest absolute Gasteiger partial charge is 0.293 e. The number of imide groups is 1. The fraction of sp³-hybridized carbons (Fsp3) is 0.103. The topological polar surface area (TPSA) is 55.8 Å². The molecule has 4 aromatic carbocycles. The Bertz CT molecular complexity index is 1390. The lowest BCUT2D eigenvalue weighted by atomic mass is 10.0. The van der Waals surface area contributed by atoms with Gasteiger partial charge in [-0.3, -0.25) is 14.5 Å². The van der Waals surface area contributed by atoms with Crippen molar-refractivity contribution in [3.8, 4) is 11.5 Å². The van der Waals surface area contributed by atoms with Crippen molar-refractivity contribution in [2.75, 3.05) is 13.2 Å². The summed E-state index contributed by atoms with van der Waals surface area (Å²) >= 11 is 0.964. The van der Waals surface area contributed by atoms with Crippen molar-refractivity contribution in [3.05, 3.63) is 113 Å². The predicted molar refractivity (Wildman–Crippen MR) is 139 cm³/mol. The van der Waals surface area contributed by atoms with Crippen molar-refractivity contribution < 1.29 is 19.1 Å². The molecule has 5 nitrogen and oxygen atoms in total. The molecular weight excluding hydrogens is 458 g/mol. The normalized spacial score (nSPS) is 14.6. The quantitative estimate of drug-likeness (QED) is 0.211. The molecular formula is C29H23NO4S. The number of carbonyl (C=O) groups is 2. The Morgan fingerprint density at radius 1 is 0.743 bits per heavy atom. The third kappa shape index (κ3) is 5.39. The van der Waals surface area contributed by atoms with Crippen molar-refractivity contribution in [2.24, 2.45) is 0 Å². The molecule has 1 aliphatic rings. The first-order chi connectivity index (χ1) is 17.2. The van der Waals surface area contributed by atoms with Gasteiger partial charge in [-0.25, -0.2) is 0 Å². The van der Waals surface area contributed by atoms with Gasteiger partial charge in [-0.15, -0.1) is 0 Å². The van der Waals surface area contributed by atoms with Crippen LogP contribution in [0.2, 0.25) is 0 Å². The van der Waals surface area contributed by atoms with Gasteiger partial charge in [-0.05, 0) is 64.0 Å². The summed E-state index contributed by atoms with van der Waals surface area (Å²) in [5, 5.41) is 1.86. The van der Waals surface area contributed by atoms with Crippen LogP contribution in [0.4, 0.5) is 4.79 Å². The Balaban J connectivity index is 1.24. The SMILES string of the molecule is O=C1S/C(=C\c2cccc(OCCOc3ccccc3)c2)C(=O)N1Cc1cccc2ccccc12. The van der Waals surface area contributed by atoms with Crippen molar-refractivity contribution in [1.29, 1.82) is 0 Å². The summed E-state index contributed by atoms with van der Waals surface area (Å²) in [5.41, 5.74) is 1.74. The van der Waals surface area contributed by atoms with E-state index in [1.165, 1.54) is 4.90 Å². The highest BCUT2D eigenvalue weighted by Gasteiger charge is 2.35. The standard InChI is InChI=1S/C29H23NO4S/c31-28-27(35-29(32)30(28)20-23-11-7-10-22-9-4-5-15-26(22)23)19-21-8-6-14-25(18-21)34-17-16-33-24-12-2-1-3-13-24/h1-15,18-19H,16-17,20H2/b27-19-. The minimum Gasteiger partial charge on any atom is -0.490 e. The molecule has 1 saturated heterocycles. The molecule has 0 aliphatic carbocycles. The predicted octanol–water partition coefficient (Wildman–Crippen LogP) is 6.53. The van der Waals surface area contributed by atoms with E-state index in [1.54, 1.807) is 6.08 Å². The van der Waals surface area contributed by atoms with Gasteiger partial charge in [0.05, 0.1) is 11.4 Å². The van der Waals surface area contributed by atoms with Crippen LogP contribution in [-0.4, -0.2) is 29.3 Å². The zero-order valence-corrected chi connectivity index (χ0v) is 19.7. The van der Waals surface area contributed by atoms with Gasteiger partial charge in [0.15, 0.2) is 0 Å². The molecule has 1 heterocycles. The van der Waals surface area contributed by atoms with E-state index >= 15 is 0 Å². The summed E-state index contributed by atoms with van der Waals surface area (Å²) in [5.74, 6) is 1.19. The van der Waals surface area contributed by atoms with Crippen LogP contribution in [0.5, 0.6) is 11.5 Å². The molecule has 0 N–H and O–H groups in total. The van der Waals surface area contributed by atoms with Crippen LogP contribution in [0.25, 0.3) is 16.8 Å². The van der Waals surface area contributed by atoms with Crippen LogP contribution in [0.3, 0.4) is 0 Å². The largest absolute Gasteiger partial charge is 0.490 e. The molecule has 0 bridgehead atoms. The van der Waals surface area contributed by atoms with Gasteiger partial charge in [0.25, 0.3) is 11.1 Å². The molecule has 1 aliphatic heterocycles. The molecule has 2 amide bonds. The van der Waals surface area contributed by atoms with Crippen molar-refractivity contribution in [3.63, 3.8) is 0 Å². The van der Waals surface area contributed by atoms with E-state index in [2.05, 4.69) is 0 Å². The monoisotopic (exact) mass is 481 g/mol. The fourth-order valence-corrected chi connectivity index (χ4v) is 4.76. The Kier molecular flexibility index (Phi) is 6.82. The van der Waals surface area contributed by atoms with Crippen LogP contribution in [0.1, 0.15) is 11.1 Å². The minimum atomic E-state index is -0.282. The highest BCUT2D eigenvalue weighted by molar-refractivity contribution is 8.18. The van der Waals surface area contributed by atoms with Gasteiger partial charge in [0, 0.05) is 0 Å². The molecule has 0 saturated carbocycles. The number of fused-ring (bicyclic) bond motifs is 1. The molecule has 0 atom stereocenters. The van der Waals surface area contributed by atoms with Crippen LogP contribution < -0.4 is 9.47 Å². The number of carbonyl (C=O) groups excluding carboxylic acids is 2. The molecule has 1 fully saturated rings. The lowest BCUT2D eigenvalue weighted by Gasteiger charge is -2.14. The second-order valence-electron chi connectivity index (χ2n) is 7.99. The van der Waals surface area contributed by atoms with Crippen LogP contribution in [0, 0.1) is 0 Å². The van der Waals surface area contributed by atoms with Gasteiger partial charge in [0.2, 0.25) is 0 Å². The molecule has 0 radical (unpaired) electrons. The number of rotatable bonds is 8. The third-order valence-corrected chi connectivity index (χ3v) is 6.51. The average molecular weight is 482 g/mol. The summed E-state index contributed by atoms with van der Waals surface area (Å²) in [7, 11) is 0. The van der Waals surface area contributed by atoms with Crippen molar-refractivity contribution in [1.82, 2.24) is 4.90 Å². The van der Waals surface area contributed by atoms with Crippen LogP contribution in [-0.2, 0) is 11.3 Å². The van der Waals surface area contributed by atoms with E-state index in [1.807, 2.05) is 97.1 Å². The van der Waals surface area contributed by atoms with Gasteiger partial charge >= 0.3 is 0 Å². The summed E-state index contributed by atoms with van der Waals surface area (Å²) in [6.07, 6.45) is 1.74. The van der Waals surface area contributed by atoms with Gasteiger partial charge in [0.1, 0.15) is 24.7 Å². The summed E-state index contributed by atoms with van der Waals surface area (Å²) in [6, 6.07) is 30.9. The maximum atomic E-state index is 13.1. The number of thioether (sulfide) groups is 1. The molecule has 0 unspecified atom stereocenters. The molecule has 35 heavy (non-hydrogen) atoms. The number of para-hydroxylation sites is 1. The van der Waals surface area contributed by atoms with E-state index in [0.717, 1.165) is 39.4 Å². The summed E-state index contributed by atoms with van der Waals surface area (Å²) in [4.78, 5) is 27.4. The first-order valence-corrected chi connectivity index (χ1v) is 12.1. The van der Waals surface area contributed by atoms with E-state index < -0.39 is 0 Å². The zero-order chi connectivity index (χ0) is 24.0. The number of nitrogens with zero attached hydrogens (tertiary/aromatic N) is 1. The average Bonchev–Trinajstić information content (AvgIpc) is 3.15. The van der Waals surface area contributed by atoms with E-state index in [-0.39, 0.29) is 17.7 Å². The van der Waals surface area contributed by atoms with E-state index in [9.17, 15) is 9.59 Å². The molecule has 6 heteroatoms. The number of hydrogen-bond donors (Lipinski definition) is 0. The molecule has 4 aromatic rings. The maximum absolute atomic E-state index is 13.1. The second-order valence-corrected chi connectivity index (χ2v) is 8.98. The van der Waals surface area contributed by atoms with Gasteiger partial charge in [-0.1, -0.05) is 72.8 Å². The number of ether oxygens (including phenoxy) is 2. The van der Waals surface area contributed by atoms with E-state index in [0.29, 0.717) is 23.9 Å². The maximum Gasteiger partial charge on any atom is 0.293 e. The Morgan fingerprint density at radius 3 is 2.29 bits per heavy atom. The zero-order valence-electron chi connectivity index (χ0n) is 18.9. The van der Waals surface area contributed by atoms with E-state index in [4.69, 9.17) is 9.47 Å². The van der Waals surface area contributed by atoms with Crippen LogP contribution in [0.15, 0.2) is 102 Å². The van der Waals surface area contributed by atoms with Gasteiger partial charge in [-0.2, -0.15) is 0 Å². The Hall–Kier alpha value is -4.03. The first-order valence-electron chi connectivity index (χ1n) is 11.3. The van der Waals surface area contributed by atoms with Crippen LogP contribution >= 0.6 is 11.8 Å². The Labute approximate surface area is 208 Å². The lowest BCUT2D eigenvalue weighted by molar-refractivity contribution is -0.123. The fourth-order valence-electron chi connectivity index (χ4n) is 3.92. The second kappa shape index (κ2) is 10.5.